The van der Waals surface area contributed by atoms with Crippen LogP contribution in [0.1, 0.15) is 6.92 Å². The highest BCUT2D eigenvalue weighted by Gasteiger charge is 2.21. The van der Waals surface area contributed by atoms with Crippen LogP contribution in [0, 0.1) is 0 Å². The number of piperazine rings is 1. The SMILES string of the molecule is CCOC(=O)N1CCN(c2ccc(NS(C)(=O)=O)cc2)CC1. The summed E-state index contributed by atoms with van der Waals surface area (Å²) in [5.41, 5.74) is 1.54. The van der Waals surface area contributed by atoms with E-state index < -0.39 is 10.0 Å². The van der Waals surface area contributed by atoms with E-state index in [2.05, 4.69) is 9.62 Å². The summed E-state index contributed by atoms with van der Waals surface area (Å²) >= 11 is 0. The molecule has 22 heavy (non-hydrogen) atoms. The molecular weight excluding hydrogens is 306 g/mol. The fourth-order valence-corrected chi connectivity index (χ4v) is 2.88. The molecule has 0 bridgehead atoms. The lowest BCUT2D eigenvalue weighted by Gasteiger charge is -2.35. The van der Waals surface area contributed by atoms with E-state index in [0.717, 1.165) is 25.0 Å². The van der Waals surface area contributed by atoms with Gasteiger partial charge in [0.05, 0.1) is 12.9 Å². The van der Waals surface area contributed by atoms with Gasteiger partial charge in [0.1, 0.15) is 0 Å². The zero-order valence-corrected chi connectivity index (χ0v) is 13.6. The van der Waals surface area contributed by atoms with E-state index in [4.69, 9.17) is 4.74 Å². The van der Waals surface area contributed by atoms with Gasteiger partial charge in [-0.05, 0) is 31.2 Å². The van der Waals surface area contributed by atoms with Crippen molar-refractivity contribution in [3.8, 4) is 0 Å². The van der Waals surface area contributed by atoms with Crippen LogP contribution in [0.3, 0.4) is 0 Å². The molecule has 1 aromatic rings. The van der Waals surface area contributed by atoms with E-state index in [0.29, 0.717) is 25.4 Å². The molecule has 0 aliphatic carbocycles. The molecule has 0 atom stereocenters. The minimum Gasteiger partial charge on any atom is -0.450 e. The van der Waals surface area contributed by atoms with E-state index in [1.807, 2.05) is 12.1 Å². The number of benzene rings is 1. The lowest BCUT2D eigenvalue weighted by molar-refractivity contribution is 0.105. The standard InChI is InChI=1S/C14H21N3O4S/c1-3-21-14(18)17-10-8-16(9-11-17)13-6-4-12(5-7-13)15-22(2,19)20/h4-7,15H,3,8-11H2,1-2H3. The third-order valence-electron chi connectivity index (χ3n) is 3.34. The molecule has 1 fully saturated rings. The number of nitrogens with zero attached hydrogens (tertiary/aromatic N) is 2. The summed E-state index contributed by atoms with van der Waals surface area (Å²) in [5.74, 6) is 0. The second kappa shape index (κ2) is 6.87. The maximum Gasteiger partial charge on any atom is 0.409 e. The second-order valence-corrected chi connectivity index (χ2v) is 6.84. The van der Waals surface area contributed by atoms with Crippen molar-refractivity contribution in [1.29, 1.82) is 0 Å². The molecular formula is C14H21N3O4S. The number of sulfonamides is 1. The van der Waals surface area contributed by atoms with Crippen molar-refractivity contribution in [3.05, 3.63) is 24.3 Å². The number of hydrogen-bond acceptors (Lipinski definition) is 5. The zero-order chi connectivity index (χ0) is 16.2. The lowest BCUT2D eigenvalue weighted by atomic mass is 10.2. The summed E-state index contributed by atoms with van der Waals surface area (Å²) < 4.78 is 29.8. The molecule has 0 unspecified atom stereocenters. The quantitative estimate of drug-likeness (QED) is 0.903. The number of carbonyl (C=O) groups excluding carboxylic acids is 1. The molecule has 0 radical (unpaired) electrons. The molecule has 1 aliphatic heterocycles. The van der Waals surface area contributed by atoms with Gasteiger partial charge in [0.2, 0.25) is 10.0 Å². The van der Waals surface area contributed by atoms with Crippen molar-refractivity contribution in [2.75, 3.05) is 48.7 Å². The third-order valence-corrected chi connectivity index (χ3v) is 3.95. The molecule has 8 heteroatoms. The van der Waals surface area contributed by atoms with Crippen molar-refractivity contribution >= 4 is 27.5 Å². The molecule has 0 aromatic heterocycles. The van der Waals surface area contributed by atoms with Crippen LogP contribution in [-0.2, 0) is 14.8 Å². The van der Waals surface area contributed by atoms with Gasteiger partial charge in [0.15, 0.2) is 0 Å². The first-order valence-corrected chi connectivity index (χ1v) is 9.02. The van der Waals surface area contributed by atoms with Gasteiger partial charge >= 0.3 is 6.09 Å². The molecule has 1 amide bonds. The lowest BCUT2D eigenvalue weighted by Crippen LogP contribution is -2.49. The van der Waals surface area contributed by atoms with Gasteiger partial charge in [0.25, 0.3) is 0 Å². The van der Waals surface area contributed by atoms with Gasteiger partial charge in [-0.2, -0.15) is 0 Å². The van der Waals surface area contributed by atoms with E-state index in [-0.39, 0.29) is 6.09 Å². The van der Waals surface area contributed by atoms with Crippen LogP contribution in [0.4, 0.5) is 16.2 Å². The van der Waals surface area contributed by atoms with Gasteiger partial charge in [-0.15, -0.1) is 0 Å². The summed E-state index contributed by atoms with van der Waals surface area (Å²) in [6.45, 7) is 4.84. The maximum atomic E-state index is 11.6. The molecule has 1 aliphatic rings. The van der Waals surface area contributed by atoms with Gasteiger partial charge in [-0.3, -0.25) is 4.72 Å². The number of nitrogens with one attached hydrogen (secondary N) is 1. The average molecular weight is 327 g/mol. The molecule has 1 N–H and O–H groups in total. The van der Waals surface area contributed by atoms with Crippen molar-refractivity contribution in [2.24, 2.45) is 0 Å². The van der Waals surface area contributed by atoms with E-state index >= 15 is 0 Å². The molecule has 122 valence electrons. The molecule has 1 heterocycles. The normalized spacial score (nSPS) is 15.5. The van der Waals surface area contributed by atoms with Crippen LogP contribution in [0.25, 0.3) is 0 Å². The van der Waals surface area contributed by atoms with Crippen molar-refractivity contribution < 1.29 is 17.9 Å². The molecule has 0 spiro atoms. The van der Waals surface area contributed by atoms with E-state index in [9.17, 15) is 13.2 Å². The fourth-order valence-electron chi connectivity index (χ4n) is 2.32. The molecule has 2 rings (SSSR count). The predicted octanol–water partition coefficient (Wildman–Crippen LogP) is 1.34. The van der Waals surface area contributed by atoms with E-state index in [1.54, 1.807) is 24.0 Å². The van der Waals surface area contributed by atoms with Crippen molar-refractivity contribution in [1.82, 2.24) is 4.90 Å². The van der Waals surface area contributed by atoms with Crippen molar-refractivity contribution in [3.63, 3.8) is 0 Å². The Hall–Kier alpha value is -1.96. The largest absolute Gasteiger partial charge is 0.450 e. The minimum atomic E-state index is -3.26. The van der Waals surface area contributed by atoms with Crippen LogP contribution in [0.5, 0.6) is 0 Å². The van der Waals surface area contributed by atoms with Gasteiger partial charge in [-0.25, -0.2) is 13.2 Å². The first kappa shape index (κ1) is 16.4. The Morgan fingerprint density at radius 1 is 1.18 bits per heavy atom. The molecule has 7 nitrogen and oxygen atoms in total. The van der Waals surface area contributed by atoms with Crippen molar-refractivity contribution in [2.45, 2.75) is 6.92 Å². The first-order chi connectivity index (χ1) is 10.4. The molecule has 1 saturated heterocycles. The summed E-state index contributed by atoms with van der Waals surface area (Å²) in [6, 6.07) is 7.20. The number of hydrogen-bond donors (Lipinski definition) is 1. The fraction of sp³-hybridized carbons (Fsp3) is 0.500. The highest BCUT2D eigenvalue weighted by Crippen LogP contribution is 2.20. The Morgan fingerprint density at radius 3 is 2.27 bits per heavy atom. The maximum absolute atomic E-state index is 11.6. The van der Waals surface area contributed by atoms with Gasteiger partial charge < -0.3 is 14.5 Å². The Balaban J connectivity index is 1.93. The first-order valence-electron chi connectivity index (χ1n) is 7.13. The predicted molar refractivity (Wildman–Crippen MR) is 85.7 cm³/mol. The number of amides is 1. The smallest absolute Gasteiger partial charge is 0.409 e. The van der Waals surface area contributed by atoms with Gasteiger partial charge in [-0.1, -0.05) is 0 Å². The average Bonchev–Trinajstić information content (AvgIpc) is 2.47. The highest BCUT2D eigenvalue weighted by atomic mass is 32.2. The summed E-state index contributed by atoms with van der Waals surface area (Å²) in [4.78, 5) is 15.5. The van der Waals surface area contributed by atoms with Crippen LogP contribution in [-0.4, -0.2) is 58.5 Å². The van der Waals surface area contributed by atoms with E-state index in [1.165, 1.54) is 0 Å². The van der Waals surface area contributed by atoms with Crippen LogP contribution < -0.4 is 9.62 Å². The number of anilines is 2. The Morgan fingerprint density at radius 2 is 1.77 bits per heavy atom. The summed E-state index contributed by atoms with van der Waals surface area (Å²) in [6.07, 6.45) is 0.852. The Kier molecular flexibility index (Phi) is 5.12. The molecule has 0 saturated carbocycles. The monoisotopic (exact) mass is 327 g/mol. The molecule has 1 aromatic carbocycles. The summed E-state index contributed by atoms with van der Waals surface area (Å²) in [7, 11) is -3.26. The zero-order valence-electron chi connectivity index (χ0n) is 12.8. The Labute approximate surface area is 130 Å². The number of carbonyl (C=O) groups is 1. The van der Waals surface area contributed by atoms with Crippen LogP contribution in [0.2, 0.25) is 0 Å². The number of rotatable bonds is 4. The topological polar surface area (TPSA) is 79.0 Å². The van der Waals surface area contributed by atoms with Gasteiger partial charge in [0, 0.05) is 37.6 Å². The minimum absolute atomic E-state index is 0.269. The second-order valence-electron chi connectivity index (χ2n) is 5.09. The van der Waals surface area contributed by atoms with Crippen LogP contribution in [0.15, 0.2) is 24.3 Å². The number of ether oxygens (including phenoxy) is 1. The highest BCUT2D eigenvalue weighted by molar-refractivity contribution is 7.92. The Bertz CT molecular complexity index is 607. The van der Waals surface area contributed by atoms with Crippen LogP contribution >= 0.6 is 0 Å². The summed E-state index contributed by atoms with van der Waals surface area (Å²) in [5, 5.41) is 0. The third kappa shape index (κ3) is 4.52.